The topological polar surface area (TPSA) is 80.3 Å². The van der Waals surface area contributed by atoms with E-state index < -0.39 is 0 Å². The first-order valence-corrected chi connectivity index (χ1v) is 11.2. The van der Waals surface area contributed by atoms with Gasteiger partial charge in [-0.05, 0) is 53.0 Å². The quantitative estimate of drug-likeness (QED) is 0.623. The van der Waals surface area contributed by atoms with Crippen molar-refractivity contribution in [1.29, 1.82) is 0 Å². The van der Waals surface area contributed by atoms with Crippen molar-refractivity contribution >= 4 is 16.9 Å². The SMILES string of the molecule is CC(C)n1ncc2ccc(-c3noc(C4CCN(C(=O)N5CCC5(C)C)CC4)n3)cc21. The van der Waals surface area contributed by atoms with Crippen LogP contribution in [0, 0.1) is 0 Å². The van der Waals surface area contributed by atoms with Crippen LogP contribution in [0.4, 0.5) is 4.79 Å². The second-order valence-corrected chi connectivity index (χ2v) is 9.67. The molecule has 0 atom stereocenters. The fraction of sp³-hybridized carbons (Fsp3) is 0.565. The maximum Gasteiger partial charge on any atom is 0.320 e. The number of hydrogen-bond acceptors (Lipinski definition) is 5. The van der Waals surface area contributed by atoms with Gasteiger partial charge in [-0.25, -0.2) is 4.79 Å². The van der Waals surface area contributed by atoms with Gasteiger partial charge in [-0.1, -0.05) is 17.3 Å². The van der Waals surface area contributed by atoms with Gasteiger partial charge in [0.2, 0.25) is 11.7 Å². The van der Waals surface area contributed by atoms with Gasteiger partial charge in [-0.2, -0.15) is 10.1 Å². The molecule has 0 spiro atoms. The van der Waals surface area contributed by atoms with E-state index in [9.17, 15) is 4.79 Å². The Bertz CT molecular complexity index is 1110. The van der Waals surface area contributed by atoms with Crippen LogP contribution < -0.4 is 0 Å². The van der Waals surface area contributed by atoms with Crippen molar-refractivity contribution in [3.05, 3.63) is 30.3 Å². The highest BCUT2D eigenvalue weighted by Crippen LogP contribution is 2.34. The molecule has 2 fully saturated rings. The number of carbonyl (C=O) groups excluding carboxylic acids is 1. The molecule has 0 radical (unpaired) electrons. The van der Waals surface area contributed by atoms with Crippen LogP contribution >= 0.6 is 0 Å². The van der Waals surface area contributed by atoms with E-state index >= 15 is 0 Å². The predicted molar refractivity (Wildman–Crippen MR) is 118 cm³/mol. The lowest BCUT2D eigenvalue weighted by atomic mass is 9.89. The highest BCUT2D eigenvalue weighted by Gasteiger charge is 2.42. The molecule has 4 heterocycles. The molecule has 0 N–H and O–H groups in total. The number of urea groups is 1. The van der Waals surface area contributed by atoms with Crippen molar-refractivity contribution in [3.8, 4) is 11.4 Å². The van der Waals surface area contributed by atoms with Crippen LogP contribution in [0.1, 0.15) is 64.8 Å². The molecule has 8 nitrogen and oxygen atoms in total. The van der Waals surface area contributed by atoms with Crippen LogP contribution in [0.5, 0.6) is 0 Å². The molecule has 2 saturated heterocycles. The Morgan fingerprint density at radius 2 is 1.97 bits per heavy atom. The predicted octanol–water partition coefficient (Wildman–Crippen LogP) is 4.45. The third-order valence-electron chi connectivity index (χ3n) is 6.81. The molecular weight excluding hydrogens is 392 g/mol. The minimum absolute atomic E-state index is 0.0125. The van der Waals surface area contributed by atoms with Gasteiger partial charge >= 0.3 is 6.03 Å². The number of piperidine rings is 1. The number of nitrogens with zero attached hydrogens (tertiary/aromatic N) is 6. The fourth-order valence-corrected chi connectivity index (χ4v) is 4.62. The summed E-state index contributed by atoms with van der Waals surface area (Å²) in [5.74, 6) is 1.47. The van der Waals surface area contributed by atoms with E-state index in [2.05, 4.69) is 44.0 Å². The maximum atomic E-state index is 12.8. The molecule has 2 amide bonds. The van der Waals surface area contributed by atoms with Gasteiger partial charge in [0.15, 0.2) is 0 Å². The van der Waals surface area contributed by atoms with Crippen LogP contribution in [0.2, 0.25) is 0 Å². The average molecular weight is 423 g/mol. The Kier molecular flexibility index (Phi) is 4.75. The van der Waals surface area contributed by atoms with Gasteiger partial charge in [0.1, 0.15) is 0 Å². The average Bonchev–Trinajstić information content (AvgIpc) is 3.40. The molecule has 3 aromatic rings. The largest absolute Gasteiger partial charge is 0.339 e. The van der Waals surface area contributed by atoms with Crippen molar-refractivity contribution in [2.75, 3.05) is 19.6 Å². The summed E-state index contributed by atoms with van der Waals surface area (Å²) in [5, 5.41) is 9.83. The fourth-order valence-electron chi connectivity index (χ4n) is 4.62. The second-order valence-electron chi connectivity index (χ2n) is 9.67. The monoisotopic (exact) mass is 422 g/mol. The third-order valence-corrected chi connectivity index (χ3v) is 6.81. The first kappa shape index (κ1) is 20.0. The van der Waals surface area contributed by atoms with Crippen molar-refractivity contribution in [2.24, 2.45) is 0 Å². The molecule has 2 aliphatic heterocycles. The van der Waals surface area contributed by atoms with Gasteiger partial charge in [-0.15, -0.1) is 0 Å². The molecule has 0 aliphatic carbocycles. The van der Waals surface area contributed by atoms with Crippen LogP contribution in [-0.4, -0.2) is 60.9 Å². The Hall–Kier alpha value is -2.90. The molecular formula is C23H30N6O2. The van der Waals surface area contributed by atoms with E-state index in [1.807, 2.05) is 32.8 Å². The molecule has 31 heavy (non-hydrogen) atoms. The molecule has 0 saturated carbocycles. The van der Waals surface area contributed by atoms with E-state index in [4.69, 9.17) is 9.51 Å². The summed E-state index contributed by atoms with van der Waals surface area (Å²) in [6.07, 6.45) is 4.66. The molecule has 2 aliphatic rings. The summed E-state index contributed by atoms with van der Waals surface area (Å²) >= 11 is 0. The molecule has 5 rings (SSSR count). The highest BCUT2D eigenvalue weighted by atomic mass is 16.5. The van der Waals surface area contributed by atoms with Crippen LogP contribution in [0.3, 0.4) is 0 Å². The van der Waals surface area contributed by atoms with Crippen LogP contribution in [0.25, 0.3) is 22.3 Å². The summed E-state index contributed by atoms with van der Waals surface area (Å²) in [6, 6.07) is 6.58. The van der Waals surface area contributed by atoms with E-state index in [-0.39, 0.29) is 23.5 Å². The summed E-state index contributed by atoms with van der Waals surface area (Å²) in [6.45, 7) is 10.8. The van der Waals surface area contributed by atoms with Crippen LogP contribution in [-0.2, 0) is 0 Å². The number of rotatable bonds is 3. The smallest absolute Gasteiger partial charge is 0.320 e. The maximum absolute atomic E-state index is 12.8. The Morgan fingerprint density at radius 1 is 1.19 bits per heavy atom. The number of fused-ring (bicyclic) bond motifs is 1. The van der Waals surface area contributed by atoms with Gasteiger partial charge in [0, 0.05) is 48.1 Å². The van der Waals surface area contributed by atoms with E-state index in [0.29, 0.717) is 11.7 Å². The lowest BCUT2D eigenvalue weighted by Gasteiger charge is -2.50. The van der Waals surface area contributed by atoms with Gasteiger partial charge in [-0.3, -0.25) is 4.68 Å². The number of benzene rings is 1. The zero-order valence-corrected chi connectivity index (χ0v) is 18.7. The van der Waals surface area contributed by atoms with Crippen molar-refractivity contribution in [2.45, 2.75) is 64.5 Å². The number of likely N-dealkylation sites (tertiary alicyclic amines) is 2. The van der Waals surface area contributed by atoms with E-state index in [0.717, 1.165) is 55.4 Å². The zero-order valence-electron chi connectivity index (χ0n) is 18.7. The van der Waals surface area contributed by atoms with Crippen molar-refractivity contribution < 1.29 is 9.32 Å². The number of carbonyl (C=O) groups is 1. The van der Waals surface area contributed by atoms with Gasteiger partial charge < -0.3 is 14.3 Å². The van der Waals surface area contributed by atoms with Crippen molar-refractivity contribution in [1.82, 2.24) is 29.7 Å². The third kappa shape index (κ3) is 3.47. The molecule has 2 aromatic heterocycles. The van der Waals surface area contributed by atoms with E-state index in [1.54, 1.807) is 0 Å². The summed E-state index contributed by atoms with van der Waals surface area (Å²) in [4.78, 5) is 21.4. The second kappa shape index (κ2) is 7.35. The number of hydrogen-bond donors (Lipinski definition) is 0. The zero-order chi connectivity index (χ0) is 21.8. The number of aromatic nitrogens is 4. The normalized spacial score (nSPS) is 19.3. The van der Waals surface area contributed by atoms with Gasteiger partial charge in [0.05, 0.1) is 11.7 Å². The first-order valence-electron chi connectivity index (χ1n) is 11.2. The Balaban J connectivity index is 1.28. The van der Waals surface area contributed by atoms with Gasteiger partial charge in [0.25, 0.3) is 0 Å². The first-order chi connectivity index (χ1) is 14.8. The standard InChI is InChI=1S/C23H30N6O2/c1-15(2)29-19-13-17(5-6-18(19)14-24-29)20-25-21(31-26-20)16-7-10-27(11-8-16)22(30)28-12-9-23(28,3)4/h5-6,13-16H,7-12H2,1-4H3. The molecule has 0 unspecified atom stereocenters. The minimum atomic E-state index is -0.0125. The Morgan fingerprint density at radius 3 is 2.61 bits per heavy atom. The molecule has 8 heteroatoms. The number of amides is 2. The van der Waals surface area contributed by atoms with Crippen LogP contribution in [0.15, 0.2) is 28.9 Å². The van der Waals surface area contributed by atoms with E-state index in [1.165, 1.54) is 0 Å². The summed E-state index contributed by atoms with van der Waals surface area (Å²) in [5.41, 5.74) is 1.98. The minimum Gasteiger partial charge on any atom is -0.339 e. The lowest BCUT2D eigenvalue weighted by Crippen LogP contribution is -2.62. The lowest BCUT2D eigenvalue weighted by molar-refractivity contribution is 0.0283. The highest BCUT2D eigenvalue weighted by molar-refractivity contribution is 5.83. The van der Waals surface area contributed by atoms with Crippen molar-refractivity contribution in [3.63, 3.8) is 0 Å². The molecule has 0 bridgehead atoms. The molecule has 164 valence electrons. The summed E-state index contributed by atoms with van der Waals surface area (Å²) in [7, 11) is 0. The summed E-state index contributed by atoms with van der Waals surface area (Å²) < 4.78 is 7.65. The molecule has 1 aromatic carbocycles. The Labute approximate surface area is 182 Å².